The quantitative estimate of drug-likeness (QED) is 0.597. The zero-order valence-corrected chi connectivity index (χ0v) is 12.3. The van der Waals surface area contributed by atoms with Gasteiger partial charge in [-0.05, 0) is 10.4 Å². The summed E-state index contributed by atoms with van der Waals surface area (Å²) in [5, 5.41) is 2.54. The molecule has 3 rings (SSSR count). The highest BCUT2D eigenvalue weighted by atomic mass is 35.6. The number of hydrogen-bond acceptors (Lipinski definition) is 0. The lowest BCUT2D eigenvalue weighted by molar-refractivity contribution is 1.36. The predicted molar refractivity (Wildman–Crippen MR) is 85.8 cm³/mol. The molecule has 0 spiro atoms. The van der Waals surface area contributed by atoms with E-state index in [-0.39, 0.29) is 0 Å². The van der Waals surface area contributed by atoms with Crippen molar-refractivity contribution >= 4 is 28.8 Å². The van der Waals surface area contributed by atoms with Gasteiger partial charge < -0.3 is 0 Å². The summed E-state index contributed by atoms with van der Waals surface area (Å²) < 4.78 is 0. The molecule has 1 aliphatic carbocycles. The standard InChI is InChI=1S/C17H15ClSi/c18-19(17-13-7-8-14-17,15-9-3-1-4-10-15)16-11-5-2-6-12-16/h1-14,17H. The Balaban J connectivity index is 2.16. The van der Waals surface area contributed by atoms with E-state index in [9.17, 15) is 0 Å². The third-order valence-electron chi connectivity index (χ3n) is 3.60. The summed E-state index contributed by atoms with van der Waals surface area (Å²) in [6, 6.07) is 21.0. The van der Waals surface area contributed by atoms with Crippen LogP contribution in [0.15, 0.2) is 85.0 Å². The third-order valence-corrected chi connectivity index (χ3v) is 9.31. The van der Waals surface area contributed by atoms with Gasteiger partial charge in [0, 0.05) is 5.54 Å². The Morgan fingerprint density at radius 1 is 0.684 bits per heavy atom. The van der Waals surface area contributed by atoms with Crippen LogP contribution in [-0.2, 0) is 0 Å². The van der Waals surface area contributed by atoms with Gasteiger partial charge in [0.25, 0.3) is 0 Å². The zero-order valence-electron chi connectivity index (χ0n) is 10.5. The Bertz CT molecular complexity index is 550. The molecule has 19 heavy (non-hydrogen) atoms. The van der Waals surface area contributed by atoms with Gasteiger partial charge in [0.2, 0.25) is 7.38 Å². The fraction of sp³-hybridized carbons (Fsp3) is 0.0588. The van der Waals surface area contributed by atoms with E-state index in [2.05, 4.69) is 72.8 Å². The summed E-state index contributed by atoms with van der Waals surface area (Å²) in [7, 11) is -2.27. The number of halogens is 1. The Labute approximate surface area is 119 Å². The molecule has 0 aliphatic heterocycles. The minimum Gasteiger partial charge on any atom is -0.154 e. The highest BCUT2D eigenvalue weighted by Gasteiger charge is 2.41. The van der Waals surface area contributed by atoms with Crippen LogP contribution in [-0.4, -0.2) is 7.38 Å². The summed E-state index contributed by atoms with van der Waals surface area (Å²) in [5.74, 6) is 0. The lowest BCUT2D eigenvalue weighted by Gasteiger charge is -2.29. The second-order valence-corrected chi connectivity index (χ2v) is 9.77. The maximum absolute atomic E-state index is 7.23. The molecule has 94 valence electrons. The van der Waals surface area contributed by atoms with Crippen molar-refractivity contribution in [1.29, 1.82) is 0 Å². The Kier molecular flexibility index (Phi) is 3.41. The minimum absolute atomic E-state index is 0.318. The van der Waals surface area contributed by atoms with Gasteiger partial charge in [-0.3, -0.25) is 0 Å². The van der Waals surface area contributed by atoms with Crippen molar-refractivity contribution in [2.75, 3.05) is 0 Å². The smallest absolute Gasteiger partial charge is 0.154 e. The van der Waals surface area contributed by atoms with Crippen LogP contribution in [0.1, 0.15) is 0 Å². The van der Waals surface area contributed by atoms with E-state index in [1.165, 1.54) is 10.4 Å². The first-order chi connectivity index (χ1) is 9.32. The first-order valence-corrected chi connectivity index (χ1v) is 9.55. The van der Waals surface area contributed by atoms with Crippen LogP contribution in [0.4, 0.5) is 0 Å². The first-order valence-electron chi connectivity index (χ1n) is 6.47. The average Bonchev–Trinajstić information content (AvgIpc) is 3.03. The van der Waals surface area contributed by atoms with Crippen molar-refractivity contribution in [2.45, 2.75) is 5.54 Å². The van der Waals surface area contributed by atoms with Gasteiger partial charge in [-0.2, -0.15) is 11.1 Å². The molecule has 0 atom stereocenters. The maximum Gasteiger partial charge on any atom is 0.227 e. The molecular weight excluding hydrogens is 268 g/mol. The molecule has 0 unspecified atom stereocenters. The van der Waals surface area contributed by atoms with Crippen molar-refractivity contribution in [3.05, 3.63) is 85.0 Å². The molecule has 2 heteroatoms. The van der Waals surface area contributed by atoms with Gasteiger partial charge in [0.1, 0.15) is 0 Å². The molecule has 0 N–H and O–H groups in total. The molecule has 0 aromatic heterocycles. The number of rotatable bonds is 3. The van der Waals surface area contributed by atoms with Crippen molar-refractivity contribution < 1.29 is 0 Å². The number of hydrogen-bond donors (Lipinski definition) is 0. The largest absolute Gasteiger partial charge is 0.227 e. The molecular formula is C17H15ClSi. The molecule has 0 radical (unpaired) electrons. The highest BCUT2D eigenvalue weighted by molar-refractivity contribution is 7.35. The van der Waals surface area contributed by atoms with Gasteiger partial charge in [-0.15, -0.1) is 0 Å². The Morgan fingerprint density at radius 2 is 1.11 bits per heavy atom. The molecule has 0 bridgehead atoms. The Hall–Kier alpha value is -1.57. The maximum atomic E-state index is 7.23. The van der Waals surface area contributed by atoms with Crippen molar-refractivity contribution in [1.82, 2.24) is 0 Å². The van der Waals surface area contributed by atoms with Crippen molar-refractivity contribution in [3.63, 3.8) is 0 Å². The lowest BCUT2D eigenvalue weighted by Crippen LogP contribution is -2.56. The second-order valence-electron chi connectivity index (χ2n) is 4.74. The fourth-order valence-corrected chi connectivity index (χ4v) is 7.01. The molecule has 2 aromatic rings. The number of allylic oxidation sites excluding steroid dienone is 4. The third kappa shape index (κ3) is 2.20. The van der Waals surface area contributed by atoms with E-state index < -0.39 is 7.38 Å². The van der Waals surface area contributed by atoms with E-state index in [0.29, 0.717) is 5.54 Å². The molecule has 0 heterocycles. The van der Waals surface area contributed by atoms with Crippen molar-refractivity contribution in [2.24, 2.45) is 0 Å². The molecule has 0 saturated heterocycles. The molecule has 0 amide bonds. The zero-order chi connectivity index (χ0) is 13.1. The van der Waals surface area contributed by atoms with Crippen molar-refractivity contribution in [3.8, 4) is 0 Å². The highest BCUT2D eigenvalue weighted by Crippen LogP contribution is 2.31. The van der Waals surface area contributed by atoms with E-state index in [1.54, 1.807) is 0 Å². The summed E-state index contributed by atoms with van der Waals surface area (Å²) >= 11 is 7.23. The van der Waals surface area contributed by atoms with Gasteiger partial charge >= 0.3 is 0 Å². The van der Waals surface area contributed by atoms with Crippen LogP contribution >= 0.6 is 11.1 Å². The van der Waals surface area contributed by atoms with Gasteiger partial charge in [-0.25, -0.2) is 0 Å². The average molecular weight is 283 g/mol. The van der Waals surface area contributed by atoms with Crippen LogP contribution in [0.25, 0.3) is 0 Å². The van der Waals surface area contributed by atoms with E-state index in [0.717, 1.165) is 0 Å². The summed E-state index contributed by atoms with van der Waals surface area (Å²) in [6.45, 7) is 0. The molecule has 1 aliphatic rings. The Morgan fingerprint density at radius 3 is 1.53 bits per heavy atom. The first kappa shape index (κ1) is 12.5. The van der Waals surface area contributed by atoms with Crippen LogP contribution in [0.3, 0.4) is 0 Å². The second kappa shape index (κ2) is 5.20. The van der Waals surface area contributed by atoms with Crippen LogP contribution < -0.4 is 10.4 Å². The fourth-order valence-electron chi connectivity index (χ4n) is 2.61. The monoisotopic (exact) mass is 282 g/mol. The van der Waals surface area contributed by atoms with E-state index in [4.69, 9.17) is 11.1 Å². The van der Waals surface area contributed by atoms with Gasteiger partial charge in [0.05, 0.1) is 0 Å². The lowest BCUT2D eigenvalue weighted by atomic mass is 10.4. The summed E-state index contributed by atoms with van der Waals surface area (Å²) in [4.78, 5) is 0. The number of benzene rings is 2. The van der Waals surface area contributed by atoms with Gasteiger partial charge in [0.15, 0.2) is 0 Å². The summed E-state index contributed by atoms with van der Waals surface area (Å²) in [5.41, 5.74) is 0.318. The van der Waals surface area contributed by atoms with Gasteiger partial charge in [-0.1, -0.05) is 85.0 Å². The SMILES string of the molecule is Cl[Si](c1ccccc1)(c1ccccc1)C1C=CC=C1. The van der Waals surface area contributed by atoms with Crippen LogP contribution in [0, 0.1) is 0 Å². The summed E-state index contributed by atoms with van der Waals surface area (Å²) in [6.07, 6.45) is 8.64. The normalized spacial score (nSPS) is 15.0. The van der Waals surface area contributed by atoms with Crippen LogP contribution in [0.2, 0.25) is 5.54 Å². The van der Waals surface area contributed by atoms with E-state index >= 15 is 0 Å². The van der Waals surface area contributed by atoms with E-state index in [1.807, 2.05) is 12.1 Å². The molecule has 0 saturated carbocycles. The van der Waals surface area contributed by atoms with Crippen LogP contribution in [0.5, 0.6) is 0 Å². The molecule has 0 fully saturated rings. The topological polar surface area (TPSA) is 0 Å². The molecule has 2 aromatic carbocycles. The predicted octanol–water partition coefficient (Wildman–Crippen LogP) is 3.48. The molecule has 0 nitrogen and oxygen atoms in total. The minimum atomic E-state index is -2.27.